The molecule has 0 bridgehead atoms. The lowest BCUT2D eigenvalue weighted by Gasteiger charge is -2.16. The molecule has 0 unspecified atom stereocenters. The molecule has 3 rings (SSSR count). The van der Waals surface area contributed by atoms with Crippen LogP contribution in [0.1, 0.15) is 34.5 Å². The highest BCUT2D eigenvalue weighted by Crippen LogP contribution is 2.18. The highest BCUT2D eigenvalue weighted by molar-refractivity contribution is 6.04. The molecule has 0 spiro atoms. The topological polar surface area (TPSA) is 67.4 Å². The number of ether oxygens (including phenoxy) is 1. The molecule has 3 aromatic rings. The van der Waals surface area contributed by atoms with Gasteiger partial charge in [0.05, 0.1) is 17.3 Å². The van der Waals surface area contributed by atoms with Gasteiger partial charge in [-0.25, -0.2) is 0 Å². The van der Waals surface area contributed by atoms with E-state index < -0.39 is 0 Å². The first-order chi connectivity index (χ1) is 14.0. The van der Waals surface area contributed by atoms with Crippen molar-refractivity contribution in [2.75, 3.05) is 11.9 Å². The molecule has 2 amide bonds. The van der Waals surface area contributed by atoms with Gasteiger partial charge in [-0.15, -0.1) is 0 Å². The summed E-state index contributed by atoms with van der Waals surface area (Å²) in [6.45, 7) is 3.76. The fraction of sp³-hybridized carbons (Fsp3) is 0.167. The van der Waals surface area contributed by atoms with Gasteiger partial charge in [0.15, 0.2) is 6.61 Å². The summed E-state index contributed by atoms with van der Waals surface area (Å²) in [6, 6.07) is 23.9. The van der Waals surface area contributed by atoms with Crippen molar-refractivity contribution in [2.24, 2.45) is 0 Å². The second-order valence-corrected chi connectivity index (χ2v) is 6.80. The van der Waals surface area contributed by atoms with Crippen LogP contribution in [0.25, 0.3) is 0 Å². The Kier molecular flexibility index (Phi) is 6.63. The molecule has 0 aliphatic rings. The van der Waals surface area contributed by atoms with Gasteiger partial charge in [0, 0.05) is 0 Å². The molecule has 0 fully saturated rings. The lowest BCUT2D eigenvalue weighted by molar-refractivity contribution is -0.118. The zero-order valence-corrected chi connectivity index (χ0v) is 16.5. The van der Waals surface area contributed by atoms with Crippen molar-refractivity contribution in [3.8, 4) is 5.75 Å². The summed E-state index contributed by atoms with van der Waals surface area (Å²) in [5.41, 5.74) is 2.97. The van der Waals surface area contributed by atoms with Crippen LogP contribution < -0.4 is 15.4 Å². The van der Waals surface area contributed by atoms with Gasteiger partial charge in [0.25, 0.3) is 11.8 Å². The number of aryl methyl sites for hydroxylation is 1. The Hall–Kier alpha value is -3.60. The molecule has 5 nitrogen and oxygen atoms in total. The van der Waals surface area contributed by atoms with Crippen molar-refractivity contribution >= 4 is 17.5 Å². The van der Waals surface area contributed by atoms with Gasteiger partial charge in [-0.1, -0.05) is 60.2 Å². The van der Waals surface area contributed by atoms with Crippen LogP contribution in [0.4, 0.5) is 5.69 Å². The van der Waals surface area contributed by atoms with E-state index in [1.54, 1.807) is 24.3 Å². The number of para-hydroxylation sites is 1. The minimum atomic E-state index is -0.332. The number of carbonyl (C=O) groups excluding carboxylic acids is 2. The van der Waals surface area contributed by atoms with Crippen LogP contribution >= 0.6 is 0 Å². The summed E-state index contributed by atoms with van der Waals surface area (Å²) < 4.78 is 5.51. The predicted octanol–water partition coefficient (Wildman–Crippen LogP) is 4.50. The molecular formula is C24H24N2O3. The highest BCUT2D eigenvalue weighted by atomic mass is 16.5. The molecule has 0 saturated carbocycles. The first-order valence-electron chi connectivity index (χ1n) is 9.47. The molecule has 0 saturated heterocycles. The SMILES string of the molecule is Cc1ccc(OCC(=O)Nc2ccccc2C(=O)N[C@@H](C)c2ccccc2)cc1. The molecule has 0 heterocycles. The molecule has 0 aliphatic carbocycles. The van der Waals surface area contributed by atoms with Gasteiger partial charge in [0.2, 0.25) is 0 Å². The van der Waals surface area contributed by atoms with Crippen molar-refractivity contribution in [1.29, 1.82) is 0 Å². The number of hydrogen-bond acceptors (Lipinski definition) is 3. The second-order valence-electron chi connectivity index (χ2n) is 6.80. The van der Waals surface area contributed by atoms with E-state index in [9.17, 15) is 9.59 Å². The van der Waals surface area contributed by atoms with E-state index >= 15 is 0 Å². The summed E-state index contributed by atoms with van der Waals surface area (Å²) in [5.74, 6) is 0.0344. The van der Waals surface area contributed by atoms with Crippen molar-refractivity contribution in [3.63, 3.8) is 0 Å². The van der Waals surface area contributed by atoms with Crippen LogP contribution in [-0.4, -0.2) is 18.4 Å². The summed E-state index contributed by atoms with van der Waals surface area (Å²) in [4.78, 5) is 25.1. The maximum absolute atomic E-state index is 12.7. The maximum atomic E-state index is 12.7. The summed E-state index contributed by atoms with van der Waals surface area (Å²) in [5, 5.41) is 5.73. The lowest BCUT2D eigenvalue weighted by Crippen LogP contribution is -2.28. The third-order valence-electron chi connectivity index (χ3n) is 4.48. The van der Waals surface area contributed by atoms with Gasteiger partial charge < -0.3 is 15.4 Å². The monoisotopic (exact) mass is 388 g/mol. The fourth-order valence-electron chi connectivity index (χ4n) is 2.86. The van der Waals surface area contributed by atoms with E-state index in [0.29, 0.717) is 17.0 Å². The largest absolute Gasteiger partial charge is 0.484 e. The summed E-state index contributed by atoms with van der Waals surface area (Å²) >= 11 is 0. The molecular weight excluding hydrogens is 364 g/mol. The Morgan fingerprint density at radius 3 is 2.28 bits per heavy atom. The number of rotatable bonds is 7. The number of hydrogen-bond donors (Lipinski definition) is 2. The smallest absolute Gasteiger partial charge is 0.262 e. The standard InChI is InChI=1S/C24H24N2O3/c1-17-12-14-20(15-13-17)29-16-23(27)26-22-11-7-6-10-21(22)24(28)25-18(2)19-8-4-3-5-9-19/h3-15,18H,16H2,1-2H3,(H,25,28)(H,26,27)/t18-/m0/s1. The Morgan fingerprint density at radius 2 is 1.55 bits per heavy atom. The van der Waals surface area contributed by atoms with Crippen LogP contribution in [0.2, 0.25) is 0 Å². The van der Waals surface area contributed by atoms with E-state index in [2.05, 4.69) is 10.6 Å². The van der Waals surface area contributed by atoms with E-state index in [4.69, 9.17) is 4.74 Å². The average Bonchev–Trinajstić information content (AvgIpc) is 2.74. The highest BCUT2D eigenvalue weighted by Gasteiger charge is 2.16. The molecule has 2 N–H and O–H groups in total. The van der Waals surface area contributed by atoms with Crippen molar-refractivity contribution in [1.82, 2.24) is 5.32 Å². The third kappa shape index (κ3) is 5.69. The van der Waals surface area contributed by atoms with Gasteiger partial charge in [-0.3, -0.25) is 9.59 Å². The number of carbonyl (C=O) groups is 2. The Morgan fingerprint density at radius 1 is 0.897 bits per heavy atom. The van der Waals surface area contributed by atoms with Gasteiger partial charge in [0.1, 0.15) is 5.75 Å². The minimum absolute atomic E-state index is 0.139. The van der Waals surface area contributed by atoms with Gasteiger partial charge in [-0.05, 0) is 43.7 Å². The zero-order chi connectivity index (χ0) is 20.6. The molecule has 0 radical (unpaired) electrons. The number of amides is 2. The Labute approximate surface area is 170 Å². The molecule has 0 aliphatic heterocycles. The van der Waals surface area contributed by atoms with Crippen molar-refractivity contribution in [2.45, 2.75) is 19.9 Å². The quantitative estimate of drug-likeness (QED) is 0.626. The molecule has 29 heavy (non-hydrogen) atoms. The average molecular weight is 388 g/mol. The van der Waals surface area contributed by atoms with Crippen molar-refractivity contribution in [3.05, 3.63) is 95.6 Å². The lowest BCUT2D eigenvalue weighted by atomic mass is 10.1. The number of benzene rings is 3. The third-order valence-corrected chi connectivity index (χ3v) is 4.48. The van der Waals surface area contributed by atoms with E-state index in [0.717, 1.165) is 11.1 Å². The Balaban J connectivity index is 1.62. The van der Waals surface area contributed by atoms with Crippen LogP contribution in [0.15, 0.2) is 78.9 Å². The van der Waals surface area contributed by atoms with E-state index in [1.807, 2.05) is 68.4 Å². The van der Waals surface area contributed by atoms with Crippen LogP contribution in [0.5, 0.6) is 5.75 Å². The predicted molar refractivity (Wildman–Crippen MR) is 114 cm³/mol. The van der Waals surface area contributed by atoms with Crippen LogP contribution in [0.3, 0.4) is 0 Å². The van der Waals surface area contributed by atoms with E-state index in [1.165, 1.54) is 0 Å². The van der Waals surface area contributed by atoms with Gasteiger partial charge >= 0.3 is 0 Å². The first kappa shape index (κ1) is 20.1. The summed E-state index contributed by atoms with van der Waals surface area (Å²) in [6.07, 6.45) is 0. The molecule has 1 atom stereocenters. The first-order valence-corrected chi connectivity index (χ1v) is 9.47. The normalized spacial score (nSPS) is 11.4. The second kappa shape index (κ2) is 9.55. The van der Waals surface area contributed by atoms with Gasteiger partial charge in [-0.2, -0.15) is 0 Å². The minimum Gasteiger partial charge on any atom is -0.484 e. The van der Waals surface area contributed by atoms with E-state index in [-0.39, 0.29) is 24.5 Å². The maximum Gasteiger partial charge on any atom is 0.262 e. The van der Waals surface area contributed by atoms with Crippen molar-refractivity contribution < 1.29 is 14.3 Å². The van der Waals surface area contributed by atoms with Crippen LogP contribution in [0, 0.1) is 6.92 Å². The van der Waals surface area contributed by atoms with Crippen LogP contribution in [-0.2, 0) is 4.79 Å². The molecule has 3 aromatic carbocycles. The molecule has 148 valence electrons. The molecule has 5 heteroatoms. The zero-order valence-electron chi connectivity index (χ0n) is 16.5. The number of anilines is 1. The summed E-state index contributed by atoms with van der Waals surface area (Å²) in [7, 11) is 0. The number of nitrogens with one attached hydrogen (secondary N) is 2. The Bertz CT molecular complexity index is 969. The molecule has 0 aromatic heterocycles. The fourth-order valence-corrected chi connectivity index (χ4v) is 2.86.